The van der Waals surface area contributed by atoms with Crippen molar-refractivity contribution in [3.8, 4) is 0 Å². The molecule has 4 heteroatoms. The monoisotopic (exact) mass is 249 g/mol. The van der Waals surface area contributed by atoms with Crippen LogP contribution in [-0.2, 0) is 6.54 Å². The van der Waals surface area contributed by atoms with Crippen LogP contribution in [-0.4, -0.2) is 11.0 Å². The number of nitrogens with zero attached hydrogens (tertiary/aromatic N) is 1. The summed E-state index contributed by atoms with van der Waals surface area (Å²) in [7, 11) is 0. The van der Waals surface area contributed by atoms with Gasteiger partial charge in [0, 0.05) is 17.7 Å². The number of non-ortho nitro benzene ring substituents is 1. The molecule has 2 rings (SSSR count). The Labute approximate surface area is 108 Å². The highest BCUT2D eigenvalue weighted by atomic mass is 16.6. The van der Waals surface area contributed by atoms with Gasteiger partial charge in [-0.05, 0) is 25.7 Å². The number of hydrogen-bond acceptors (Lipinski definition) is 2. The van der Waals surface area contributed by atoms with E-state index >= 15 is 0 Å². The van der Waals surface area contributed by atoms with Gasteiger partial charge < -0.3 is 5.32 Å². The third-order valence-electron chi connectivity index (χ3n) is 3.71. The summed E-state index contributed by atoms with van der Waals surface area (Å²) in [6.07, 6.45) is 7.96. The van der Waals surface area contributed by atoms with E-state index in [4.69, 9.17) is 0 Å². The summed E-state index contributed by atoms with van der Waals surface area (Å²) in [5.74, 6) is 0. The Bertz CT molecular complexity index is 399. The molecule has 0 aromatic heterocycles. The largest absolute Gasteiger partial charge is 0.340 e. The summed E-state index contributed by atoms with van der Waals surface area (Å²) in [6, 6.07) is 7.68. The smallest absolute Gasteiger partial charge is 0.269 e. The maximum Gasteiger partial charge on any atom is 0.269 e. The summed E-state index contributed by atoms with van der Waals surface area (Å²) in [4.78, 5) is 10.4. The molecule has 18 heavy (non-hydrogen) atoms. The third kappa shape index (κ3) is 3.81. The summed E-state index contributed by atoms with van der Waals surface area (Å²) in [6.45, 7) is 0.854. The quantitative estimate of drug-likeness (QED) is 0.506. The van der Waals surface area contributed by atoms with Crippen molar-refractivity contribution in [2.45, 2.75) is 51.1 Å². The molecule has 1 saturated carbocycles. The van der Waals surface area contributed by atoms with Crippen molar-refractivity contribution in [1.29, 1.82) is 0 Å². The van der Waals surface area contributed by atoms with Crippen LogP contribution in [0.1, 0.15) is 44.1 Å². The molecule has 1 aromatic carbocycles. The van der Waals surface area contributed by atoms with E-state index in [1.54, 1.807) is 18.2 Å². The maximum absolute atomic E-state index is 10.7. The van der Waals surface area contributed by atoms with Crippen LogP contribution in [0.4, 0.5) is 5.69 Å². The van der Waals surface area contributed by atoms with Gasteiger partial charge in [-0.25, -0.2) is 0 Å². The Kier molecular flexibility index (Phi) is 4.70. The molecule has 0 spiro atoms. The van der Waals surface area contributed by atoms with E-state index in [9.17, 15) is 10.1 Å². The van der Waals surface area contributed by atoms with E-state index in [-0.39, 0.29) is 10.6 Å². The van der Waals surface area contributed by atoms with E-state index in [1.165, 1.54) is 38.5 Å². The van der Waals surface area contributed by atoms with Crippen molar-refractivity contribution in [1.82, 2.24) is 0 Å². The highest BCUT2D eigenvalue weighted by Crippen LogP contribution is 2.15. The Balaban J connectivity index is 1.88. The number of nitrogens with two attached hydrogens (primary N) is 1. The van der Waals surface area contributed by atoms with Crippen molar-refractivity contribution in [2.75, 3.05) is 0 Å². The SMILES string of the molecule is O=[N+]([O-])c1cccc(C[NH2+]C2CCCCCC2)c1. The van der Waals surface area contributed by atoms with Gasteiger partial charge in [-0.3, -0.25) is 10.1 Å². The molecule has 4 nitrogen and oxygen atoms in total. The van der Waals surface area contributed by atoms with Crippen LogP contribution in [0.25, 0.3) is 0 Å². The van der Waals surface area contributed by atoms with Gasteiger partial charge in [0.25, 0.3) is 5.69 Å². The maximum atomic E-state index is 10.7. The van der Waals surface area contributed by atoms with Gasteiger partial charge in [-0.15, -0.1) is 0 Å². The third-order valence-corrected chi connectivity index (χ3v) is 3.71. The Morgan fingerprint density at radius 3 is 2.61 bits per heavy atom. The van der Waals surface area contributed by atoms with Crippen molar-refractivity contribution >= 4 is 5.69 Å². The summed E-state index contributed by atoms with van der Waals surface area (Å²) >= 11 is 0. The fraction of sp³-hybridized carbons (Fsp3) is 0.571. The van der Waals surface area contributed by atoms with Gasteiger partial charge in [0.15, 0.2) is 0 Å². The first kappa shape index (κ1) is 13.0. The standard InChI is InChI=1S/C14H20N2O2/c17-16(18)14-9-5-6-12(10-14)11-15-13-7-3-1-2-4-8-13/h5-6,9-10,13,15H,1-4,7-8,11H2/p+1. The van der Waals surface area contributed by atoms with Crippen LogP contribution in [0.2, 0.25) is 0 Å². The van der Waals surface area contributed by atoms with Crippen LogP contribution >= 0.6 is 0 Å². The van der Waals surface area contributed by atoms with Gasteiger partial charge in [0.1, 0.15) is 6.54 Å². The Morgan fingerprint density at radius 2 is 1.94 bits per heavy atom. The van der Waals surface area contributed by atoms with Crippen molar-refractivity contribution in [3.63, 3.8) is 0 Å². The summed E-state index contributed by atoms with van der Waals surface area (Å²) in [5.41, 5.74) is 1.25. The molecule has 2 N–H and O–H groups in total. The van der Waals surface area contributed by atoms with Crippen LogP contribution in [0.5, 0.6) is 0 Å². The van der Waals surface area contributed by atoms with E-state index < -0.39 is 0 Å². The molecule has 0 aliphatic heterocycles. The normalized spacial score (nSPS) is 17.3. The van der Waals surface area contributed by atoms with Gasteiger partial charge in [0.2, 0.25) is 0 Å². The first-order chi connectivity index (χ1) is 8.75. The van der Waals surface area contributed by atoms with Crippen molar-refractivity contribution < 1.29 is 10.2 Å². The van der Waals surface area contributed by atoms with Crippen molar-refractivity contribution in [2.24, 2.45) is 0 Å². The zero-order valence-electron chi connectivity index (χ0n) is 10.7. The van der Waals surface area contributed by atoms with Crippen molar-refractivity contribution in [3.05, 3.63) is 39.9 Å². The number of benzene rings is 1. The predicted molar refractivity (Wildman–Crippen MR) is 70.2 cm³/mol. The van der Waals surface area contributed by atoms with Crippen LogP contribution in [0, 0.1) is 10.1 Å². The highest BCUT2D eigenvalue weighted by Gasteiger charge is 2.15. The molecule has 0 amide bonds. The molecular weight excluding hydrogens is 228 g/mol. The molecular formula is C14H21N2O2+. The molecule has 1 aliphatic carbocycles. The minimum atomic E-state index is -0.324. The molecule has 0 unspecified atom stereocenters. The molecule has 0 heterocycles. The number of nitro groups is 1. The number of hydrogen-bond donors (Lipinski definition) is 1. The fourth-order valence-electron chi connectivity index (χ4n) is 2.65. The van der Waals surface area contributed by atoms with E-state index in [2.05, 4.69) is 5.32 Å². The molecule has 98 valence electrons. The molecule has 1 aliphatic rings. The van der Waals surface area contributed by atoms with E-state index in [0.29, 0.717) is 6.04 Å². The second-order valence-corrected chi connectivity index (χ2v) is 5.12. The minimum Gasteiger partial charge on any atom is -0.340 e. The van der Waals surface area contributed by atoms with Gasteiger partial charge in [-0.2, -0.15) is 0 Å². The van der Waals surface area contributed by atoms with Crippen LogP contribution in [0.15, 0.2) is 24.3 Å². The average molecular weight is 249 g/mol. The number of nitro benzene ring substituents is 1. The van der Waals surface area contributed by atoms with Gasteiger partial charge in [0.05, 0.1) is 11.0 Å². The van der Waals surface area contributed by atoms with Crippen LogP contribution < -0.4 is 5.32 Å². The van der Waals surface area contributed by atoms with Gasteiger partial charge in [-0.1, -0.05) is 25.0 Å². The zero-order valence-corrected chi connectivity index (χ0v) is 10.7. The highest BCUT2D eigenvalue weighted by molar-refractivity contribution is 5.33. The molecule has 0 bridgehead atoms. The number of quaternary nitrogens is 1. The lowest BCUT2D eigenvalue weighted by Gasteiger charge is -2.12. The van der Waals surface area contributed by atoms with Crippen LogP contribution in [0.3, 0.4) is 0 Å². The lowest BCUT2D eigenvalue weighted by Crippen LogP contribution is -2.88. The predicted octanol–water partition coefficient (Wildman–Crippen LogP) is 2.38. The number of rotatable bonds is 4. The first-order valence-corrected chi connectivity index (χ1v) is 6.82. The van der Waals surface area contributed by atoms with E-state index in [0.717, 1.165) is 12.1 Å². The summed E-state index contributed by atoms with van der Waals surface area (Å²) < 4.78 is 0. The molecule has 0 saturated heterocycles. The average Bonchev–Trinajstić information content (AvgIpc) is 2.65. The summed E-state index contributed by atoms with van der Waals surface area (Å²) in [5, 5.41) is 13.1. The minimum absolute atomic E-state index is 0.196. The molecule has 0 atom stereocenters. The molecule has 1 fully saturated rings. The second kappa shape index (κ2) is 6.50. The lowest BCUT2D eigenvalue weighted by molar-refractivity contribution is -0.705. The van der Waals surface area contributed by atoms with Gasteiger partial charge >= 0.3 is 0 Å². The lowest BCUT2D eigenvalue weighted by atomic mass is 10.1. The van der Waals surface area contributed by atoms with E-state index in [1.807, 2.05) is 6.07 Å². The fourth-order valence-corrected chi connectivity index (χ4v) is 2.65. The first-order valence-electron chi connectivity index (χ1n) is 6.82. The Morgan fingerprint density at radius 1 is 1.22 bits per heavy atom. The second-order valence-electron chi connectivity index (χ2n) is 5.12. The molecule has 1 aromatic rings. The molecule has 0 radical (unpaired) electrons. The Hall–Kier alpha value is -1.42. The zero-order chi connectivity index (χ0) is 12.8. The topological polar surface area (TPSA) is 59.8 Å².